The third-order valence-corrected chi connectivity index (χ3v) is 4.06. The van der Waals surface area contributed by atoms with Crippen molar-refractivity contribution < 1.29 is 14.7 Å². The lowest BCUT2D eigenvalue weighted by molar-refractivity contribution is -0.126. The number of hydrogen-bond donors (Lipinski definition) is 2. The minimum Gasteiger partial charge on any atom is -0.392 e. The van der Waals surface area contributed by atoms with E-state index >= 15 is 0 Å². The number of nitrogens with one attached hydrogen (secondary N) is 1. The zero-order valence-electron chi connectivity index (χ0n) is 13.2. The molecule has 124 valence electrons. The Morgan fingerprint density at radius 1 is 1.25 bits per heavy atom. The fraction of sp³-hybridized carbons (Fsp3) is 0.278. The van der Waals surface area contributed by atoms with E-state index in [9.17, 15) is 9.59 Å². The van der Waals surface area contributed by atoms with Crippen LogP contribution < -0.4 is 10.2 Å². The topological polar surface area (TPSA) is 82.5 Å². The van der Waals surface area contributed by atoms with E-state index in [1.54, 1.807) is 23.2 Å². The first-order valence-electron chi connectivity index (χ1n) is 7.85. The van der Waals surface area contributed by atoms with Crippen LogP contribution >= 0.6 is 0 Å². The molecule has 0 spiro atoms. The Bertz CT molecular complexity index is 733. The number of rotatable bonds is 5. The van der Waals surface area contributed by atoms with Crippen molar-refractivity contribution in [3.05, 3.63) is 59.8 Å². The van der Waals surface area contributed by atoms with Gasteiger partial charge in [-0.1, -0.05) is 30.3 Å². The summed E-state index contributed by atoms with van der Waals surface area (Å²) in [4.78, 5) is 30.2. The summed E-state index contributed by atoms with van der Waals surface area (Å²) >= 11 is 0. The van der Waals surface area contributed by atoms with Crippen molar-refractivity contribution in [1.82, 2.24) is 10.3 Å². The van der Waals surface area contributed by atoms with Crippen molar-refractivity contribution >= 4 is 17.6 Å². The molecule has 1 aliphatic heterocycles. The standard InChI is InChI=1S/C18H19N3O3/c22-12-14-5-3-4-13(8-14)10-20-18(24)15-9-17(23)21(11-15)16-6-1-2-7-19-16/h1-8,15,22H,9-12H2,(H,20,24). The van der Waals surface area contributed by atoms with Gasteiger partial charge in [-0.25, -0.2) is 4.98 Å². The van der Waals surface area contributed by atoms with Gasteiger partial charge in [-0.15, -0.1) is 0 Å². The van der Waals surface area contributed by atoms with Gasteiger partial charge in [0, 0.05) is 25.7 Å². The monoisotopic (exact) mass is 325 g/mol. The van der Waals surface area contributed by atoms with Crippen LogP contribution in [0.1, 0.15) is 17.5 Å². The quantitative estimate of drug-likeness (QED) is 0.866. The van der Waals surface area contributed by atoms with Gasteiger partial charge in [0.25, 0.3) is 0 Å². The molecule has 1 aliphatic rings. The van der Waals surface area contributed by atoms with Gasteiger partial charge in [0.05, 0.1) is 12.5 Å². The largest absolute Gasteiger partial charge is 0.392 e. The molecule has 2 aromatic rings. The third kappa shape index (κ3) is 3.60. The number of aliphatic hydroxyl groups is 1. The molecular formula is C18H19N3O3. The minimum atomic E-state index is -0.375. The van der Waals surface area contributed by atoms with Gasteiger partial charge >= 0.3 is 0 Å². The van der Waals surface area contributed by atoms with E-state index in [4.69, 9.17) is 5.11 Å². The molecule has 24 heavy (non-hydrogen) atoms. The minimum absolute atomic E-state index is 0.0298. The first kappa shape index (κ1) is 16.1. The van der Waals surface area contributed by atoms with Crippen LogP contribution in [0, 0.1) is 5.92 Å². The van der Waals surface area contributed by atoms with Crippen molar-refractivity contribution in [3.8, 4) is 0 Å². The highest BCUT2D eigenvalue weighted by atomic mass is 16.3. The molecule has 1 saturated heterocycles. The number of aromatic nitrogens is 1. The smallest absolute Gasteiger partial charge is 0.229 e. The van der Waals surface area contributed by atoms with Gasteiger partial charge in [-0.05, 0) is 23.3 Å². The summed E-state index contributed by atoms with van der Waals surface area (Å²) in [7, 11) is 0. The average Bonchev–Trinajstić information content (AvgIpc) is 3.02. The molecule has 0 radical (unpaired) electrons. The van der Waals surface area contributed by atoms with Gasteiger partial charge in [0.2, 0.25) is 11.8 Å². The Morgan fingerprint density at radius 3 is 2.83 bits per heavy atom. The molecule has 1 atom stereocenters. The van der Waals surface area contributed by atoms with E-state index < -0.39 is 0 Å². The Balaban J connectivity index is 1.59. The predicted octanol–water partition coefficient (Wildman–Crippen LogP) is 1.24. The summed E-state index contributed by atoms with van der Waals surface area (Å²) in [5, 5.41) is 12.0. The lowest BCUT2D eigenvalue weighted by atomic mass is 10.1. The van der Waals surface area contributed by atoms with Crippen molar-refractivity contribution in [2.75, 3.05) is 11.4 Å². The van der Waals surface area contributed by atoms with E-state index in [-0.39, 0.29) is 30.8 Å². The first-order valence-corrected chi connectivity index (χ1v) is 7.85. The molecule has 0 saturated carbocycles. The number of aliphatic hydroxyl groups excluding tert-OH is 1. The molecule has 3 rings (SSSR count). The fourth-order valence-electron chi connectivity index (χ4n) is 2.79. The lowest BCUT2D eigenvalue weighted by Crippen LogP contribution is -2.32. The molecule has 1 unspecified atom stereocenters. The van der Waals surface area contributed by atoms with Crippen LogP contribution in [-0.2, 0) is 22.7 Å². The van der Waals surface area contributed by atoms with Gasteiger partial charge < -0.3 is 10.4 Å². The molecule has 1 fully saturated rings. The molecule has 1 aromatic carbocycles. The molecular weight excluding hydrogens is 306 g/mol. The lowest BCUT2D eigenvalue weighted by Gasteiger charge is -2.15. The molecule has 2 heterocycles. The summed E-state index contributed by atoms with van der Waals surface area (Å²) < 4.78 is 0. The van der Waals surface area contributed by atoms with E-state index in [1.165, 1.54) is 0 Å². The van der Waals surface area contributed by atoms with Gasteiger partial charge in [0.1, 0.15) is 5.82 Å². The average molecular weight is 325 g/mol. The summed E-state index contributed by atoms with van der Waals surface area (Å²) in [6.07, 6.45) is 1.82. The van der Waals surface area contributed by atoms with Crippen LogP contribution in [0.2, 0.25) is 0 Å². The summed E-state index contributed by atoms with van der Waals surface area (Å²) in [6.45, 7) is 0.692. The Labute approximate surface area is 140 Å². The highest BCUT2D eigenvalue weighted by Crippen LogP contribution is 2.23. The Kier molecular flexibility index (Phi) is 4.86. The van der Waals surface area contributed by atoms with Crippen molar-refractivity contribution in [2.45, 2.75) is 19.6 Å². The molecule has 0 aliphatic carbocycles. The van der Waals surface area contributed by atoms with Crippen molar-refractivity contribution in [3.63, 3.8) is 0 Å². The second-order valence-electron chi connectivity index (χ2n) is 5.79. The number of carbonyl (C=O) groups excluding carboxylic acids is 2. The number of benzene rings is 1. The summed E-state index contributed by atoms with van der Waals surface area (Å²) in [5.74, 6) is -0.0266. The SMILES string of the molecule is O=C(NCc1cccc(CO)c1)C1CC(=O)N(c2ccccn2)C1. The molecule has 6 nitrogen and oxygen atoms in total. The van der Waals surface area contributed by atoms with Gasteiger partial charge in [0.15, 0.2) is 0 Å². The molecule has 0 bridgehead atoms. The van der Waals surface area contributed by atoms with E-state index in [0.29, 0.717) is 18.9 Å². The second-order valence-corrected chi connectivity index (χ2v) is 5.79. The fourth-order valence-corrected chi connectivity index (χ4v) is 2.79. The molecule has 2 N–H and O–H groups in total. The molecule has 2 amide bonds. The van der Waals surface area contributed by atoms with Crippen LogP contribution in [0.3, 0.4) is 0 Å². The number of hydrogen-bond acceptors (Lipinski definition) is 4. The number of carbonyl (C=O) groups is 2. The van der Waals surface area contributed by atoms with Crippen LogP contribution in [-0.4, -0.2) is 28.4 Å². The second kappa shape index (κ2) is 7.23. The number of nitrogens with zero attached hydrogens (tertiary/aromatic N) is 2. The van der Waals surface area contributed by atoms with Crippen molar-refractivity contribution in [2.24, 2.45) is 5.92 Å². The number of pyridine rings is 1. The van der Waals surface area contributed by atoms with Crippen LogP contribution in [0.15, 0.2) is 48.7 Å². The highest BCUT2D eigenvalue weighted by molar-refractivity contribution is 5.99. The summed E-state index contributed by atoms with van der Waals surface area (Å²) in [6, 6.07) is 12.8. The highest BCUT2D eigenvalue weighted by Gasteiger charge is 2.35. The van der Waals surface area contributed by atoms with E-state index in [0.717, 1.165) is 11.1 Å². The van der Waals surface area contributed by atoms with E-state index in [1.807, 2.05) is 30.3 Å². The van der Waals surface area contributed by atoms with E-state index in [2.05, 4.69) is 10.3 Å². The maximum atomic E-state index is 12.3. The molecule has 6 heteroatoms. The Morgan fingerprint density at radius 2 is 2.08 bits per heavy atom. The maximum Gasteiger partial charge on any atom is 0.229 e. The van der Waals surface area contributed by atoms with Crippen LogP contribution in [0.25, 0.3) is 0 Å². The zero-order chi connectivity index (χ0) is 16.9. The molecule has 1 aromatic heterocycles. The number of anilines is 1. The summed E-state index contributed by atoms with van der Waals surface area (Å²) in [5.41, 5.74) is 1.72. The Hall–Kier alpha value is -2.73. The number of amides is 2. The third-order valence-electron chi connectivity index (χ3n) is 4.06. The normalized spacial score (nSPS) is 17.1. The van der Waals surface area contributed by atoms with Gasteiger partial charge in [-0.3, -0.25) is 14.5 Å². The first-order chi connectivity index (χ1) is 11.7. The van der Waals surface area contributed by atoms with Gasteiger partial charge in [-0.2, -0.15) is 0 Å². The van der Waals surface area contributed by atoms with Crippen LogP contribution in [0.5, 0.6) is 0 Å². The zero-order valence-corrected chi connectivity index (χ0v) is 13.2. The maximum absolute atomic E-state index is 12.3. The van der Waals surface area contributed by atoms with Crippen LogP contribution in [0.4, 0.5) is 5.82 Å². The predicted molar refractivity (Wildman–Crippen MR) is 88.9 cm³/mol. The van der Waals surface area contributed by atoms with Crippen molar-refractivity contribution in [1.29, 1.82) is 0 Å².